The lowest BCUT2D eigenvalue weighted by Crippen LogP contribution is -2.23. The smallest absolute Gasteiger partial charge is 0.227 e. The van der Waals surface area contributed by atoms with E-state index in [1.54, 1.807) is 13.0 Å². The van der Waals surface area contributed by atoms with Crippen LogP contribution < -0.4 is 11.1 Å². The van der Waals surface area contributed by atoms with E-state index >= 15 is 0 Å². The molecule has 0 spiro atoms. The van der Waals surface area contributed by atoms with Crippen molar-refractivity contribution >= 4 is 28.8 Å². The molecule has 0 aliphatic heterocycles. The molecule has 0 fully saturated rings. The van der Waals surface area contributed by atoms with Crippen LogP contribution in [0.1, 0.15) is 25.8 Å². The molecule has 1 atom stereocenters. The largest absolute Gasteiger partial charge is 0.389 e. The van der Waals surface area contributed by atoms with Gasteiger partial charge >= 0.3 is 0 Å². The summed E-state index contributed by atoms with van der Waals surface area (Å²) in [4.78, 5) is 11.6. The summed E-state index contributed by atoms with van der Waals surface area (Å²) in [6.07, 6.45) is 0.712. The summed E-state index contributed by atoms with van der Waals surface area (Å²) in [6.45, 7) is 3.71. The van der Waals surface area contributed by atoms with Gasteiger partial charge in [0.1, 0.15) is 10.8 Å². The van der Waals surface area contributed by atoms with E-state index in [-0.39, 0.29) is 22.4 Å². The molecule has 0 heterocycles. The molecular formula is C12H15FN2OS. The van der Waals surface area contributed by atoms with Crippen molar-refractivity contribution in [2.75, 3.05) is 5.32 Å². The average molecular weight is 254 g/mol. The molecule has 1 unspecified atom stereocenters. The zero-order chi connectivity index (χ0) is 13.0. The first-order valence-electron chi connectivity index (χ1n) is 5.36. The van der Waals surface area contributed by atoms with Crippen molar-refractivity contribution in [3.63, 3.8) is 0 Å². The van der Waals surface area contributed by atoms with Gasteiger partial charge in [-0.15, -0.1) is 0 Å². The van der Waals surface area contributed by atoms with Gasteiger partial charge in [-0.2, -0.15) is 0 Å². The highest BCUT2D eigenvalue weighted by Gasteiger charge is 2.16. The second-order valence-electron chi connectivity index (χ2n) is 3.83. The number of nitrogens with one attached hydrogen (secondary N) is 1. The molecule has 0 saturated heterocycles. The third-order valence-corrected chi connectivity index (χ3v) is 2.78. The Morgan fingerprint density at radius 2 is 2.24 bits per heavy atom. The molecule has 1 aromatic carbocycles. The summed E-state index contributed by atoms with van der Waals surface area (Å²) >= 11 is 4.77. The number of benzene rings is 1. The number of amides is 1. The van der Waals surface area contributed by atoms with Crippen molar-refractivity contribution in [3.8, 4) is 0 Å². The van der Waals surface area contributed by atoms with Crippen molar-refractivity contribution in [1.82, 2.24) is 0 Å². The Morgan fingerprint density at radius 3 is 2.76 bits per heavy atom. The number of hydrogen-bond donors (Lipinski definition) is 2. The van der Waals surface area contributed by atoms with Gasteiger partial charge in [-0.25, -0.2) is 4.39 Å². The van der Waals surface area contributed by atoms with Gasteiger partial charge in [0.15, 0.2) is 0 Å². The highest BCUT2D eigenvalue weighted by molar-refractivity contribution is 7.80. The summed E-state index contributed by atoms with van der Waals surface area (Å²) in [6, 6.07) is 4.34. The first-order valence-corrected chi connectivity index (χ1v) is 5.77. The van der Waals surface area contributed by atoms with Crippen LogP contribution in [0, 0.1) is 11.7 Å². The fourth-order valence-electron chi connectivity index (χ4n) is 1.32. The van der Waals surface area contributed by atoms with E-state index in [4.69, 9.17) is 18.0 Å². The number of thiocarbonyl (C=S) groups is 1. The van der Waals surface area contributed by atoms with Crippen molar-refractivity contribution in [3.05, 3.63) is 29.6 Å². The van der Waals surface area contributed by atoms with E-state index in [0.717, 1.165) is 0 Å². The molecule has 3 N–H and O–H groups in total. The molecule has 5 heteroatoms. The second-order valence-corrected chi connectivity index (χ2v) is 4.27. The normalized spacial score (nSPS) is 11.9. The van der Waals surface area contributed by atoms with Crippen molar-refractivity contribution in [1.29, 1.82) is 0 Å². The summed E-state index contributed by atoms with van der Waals surface area (Å²) < 4.78 is 13.5. The van der Waals surface area contributed by atoms with Gasteiger partial charge < -0.3 is 11.1 Å². The SMILES string of the molecule is CCC(C)C(=O)Nc1cccc(F)c1C(N)=S. The van der Waals surface area contributed by atoms with Crippen LogP contribution in [0.5, 0.6) is 0 Å². The van der Waals surface area contributed by atoms with Crippen LogP contribution in [-0.2, 0) is 4.79 Å². The van der Waals surface area contributed by atoms with Crippen LogP contribution in [0.25, 0.3) is 0 Å². The minimum Gasteiger partial charge on any atom is -0.389 e. The van der Waals surface area contributed by atoms with Gasteiger partial charge in [-0.1, -0.05) is 32.1 Å². The van der Waals surface area contributed by atoms with Crippen LogP contribution in [0.4, 0.5) is 10.1 Å². The first kappa shape index (κ1) is 13.6. The zero-order valence-corrected chi connectivity index (χ0v) is 10.6. The Balaban J connectivity index is 3.03. The second kappa shape index (κ2) is 5.72. The third kappa shape index (κ3) is 3.23. The molecule has 1 amide bonds. The monoisotopic (exact) mass is 254 g/mol. The highest BCUT2D eigenvalue weighted by atomic mass is 32.1. The van der Waals surface area contributed by atoms with Crippen LogP contribution in [0.15, 0.2) is 18.2 Å². The number of anilines is 1. The topological polar surface area (TPSA) is 55.1 Å². The van der Waals surface area contributed by atoms with Crippen LogP contribution in [0.3, 0.4) is 0 Å². The van der Waals surface area contributed by atoms with Crippen molar-refractivity contribution in [2.45, 2.75) is 20.3 Å². The number of nitrogens with two attached hydrogens (primary N) is 1. The molecule has 17 heavy (non-hydrogen) atoms. The molecule has 92 valence electrons. The lowest BCUT2D eigenvalue weighted by atomic mass is 10.1. The Labute approximate surface area is 105 Å². The fraction of sp³-hybridized carbons (Fsp3) is 0.333. The van der Waals surface area contributed by atoms with Gasteiger partial charge in [0, 0.05) is 5.92 Å². The van der Waals surface area contributed by atoms with Gasteiger partial charge in [-0.3, -0.25) is 4.79 Å². The average Bonchev–Trinajstić information content (AvgIpc) is 2.27. The van der Waals surface area contributed by atoms with Crippen LogP contribution in [0.2, 0.25) is 0 Å². The van der Waals surface area contributed by atoms with E-state index in [0.29, 0.717) is 12.1 Å². The fourth-order valence-corrected chi connectivity index (χ4v) is 1.53. The Bertz CT molecular complexity index is 448. The molecule has 0 saturated carbocycles. The summed E-state index contributed by atoms with van der Waals surface area (Å²) in [7, 11) is 0. The van der Waals surface area contributed by atoms with Crippen molar-refractivity contribution < 1.29 is 9.18 Å². The number of hydrogen-bond acceptors (Lipinski definition) is 2. The van der Waals surface area contributed by atoms with Crippen molar-refractivity contribution in [2.24, 2.45) is 11.7 Å². The number of rotatable bonds is 4. The quantitative estimate of drug-likeness (QED) is 0.811. The Morgan fingerprint density at radius 1 is 1.59 bits per heavy atom. The van der Waals surface area contributed by atoms with E-state index in [9.17, 15) is 9.18 Å². The summed E-state index contributed by atoms with van der Waals surface area (Å²) in [5, 5.41) is 2.64. The predicted octanol–water partition coefficient (Wildman–Crippen LogP) is 2.44. The first-order chi connectivity index (χ1) is 7.97. The van der Waals surface area contributed by atoms with Gasteiger partial charge in [-0.05, 0) is 18.6 Å². The molecule has 1 aromatic rings. The molecule has 0 aliphatic rings. The van der Waals surface area contributed by atoms with E-state index in [1.165, 1.54) is 12.1 Å². The van der Waals surface area contributed by atoms with E-state index < -0.39 is 5.82 Å². The lowest BCUT2D eigenvalue weighted by Gasteiger charge is -2.13. The van der Waals surface area contributed by atoms with Crippen LogP contribution in [-0.4, -0.2) is 10.9 Å². The molecule has 0 aromatic heterocycles. The standard InChI is InChI=1S/C12H15FN2OS/c1-3-7(2)12(16)15-9-6-4-5-8(13)10(9)11(14)17/h4-7H,3H2,1-2H3,(H2,14,17)(H,15,16). The third-order valence-electron chi connectivity index (χ3n) is 2.58. The van der Waals surface area contributed by atoms with Crippen LogP contribution >= 0.6 is 12.2 Å². The molecule has 0 aliphatic carbocycles. The summed E-state index contributed by atoms with van der Waals surface area (Å²) in [5.41, 5.74) is 5.84. The Kier molecular flexibility index (Phi) is 4.57. The number of halogens is 1. The molecule has 3 nitrogen and oxygen atoms in total. The molecular weight excluding hydrogens is 239 g/mol. The highest BCUT2D eigenvalue weighted by Crippen LogP contribution is 2.20. The maximum absolute atomic E-state index is 13.5. The molecule has 0 bridgehead atoms. The number of carbonyl (C=O) groups excluding carboxylic acids is 1. The number of carbonyl (C=O) groups is 1. The lowest BCUT2D eigenvalue weighted by molar-refractivity contribution is -0.119. The van der Waals surface area contributed by atoms with E-state index in [1.807, 2.05) is 6.92 Å². The maximum atomic E-state index is 13.5. The van der Waals surface area contributed by atoms with E-state index in [2.05, 4.69) is 5.32 Å². The Hall–Kier alpha value is -1.49. The van der Waals surface area contributed by atoms with Gasteiger partial charge in [0.05, 0.1) is 11.3 Å². The maximum Gasteiger partial charge on any atom is 0.227 e. The molecule has 1 rings (SSSR count). The van der Waals surface area contributed by atoms with Gasteiger partial charge in [0.25, 0.3) is 0 Å². The molecule has 0 radical (unpaired) electrons. The summed E-state index contributed by atoms with van der Waals surface area (Å²) in [5.74, 6) is -0.840. The predicted molar refractivity (Wildman–Crippen MR) is 70.4 cm³/mol. The zero-order valence-electron chi connectivity index (χ0n) is 9.79. The minimum atomic E-state index is -0.528. The van der Waals surface area contributed by atoms with Gasteiger partial charge in [0.2, 0.25) is 5.91 Å². The minimum absolute atomic E-state index is 0.0671.